The summed E-state index contributed by atoms with van der Waals surface area (Å²) in [4.78, 5) is 31.8. The van der Waals surface area contributed by atoms with Gasteiger partial charge in [0.1, 0.15) is 5.82 Å². The molecule has 0 saturated carbocycles. The Kier molecular flexibility index (Phi) is 4.49. The van der Waals surface area contributed by atoms with Gasteiger partial charge in [-0.1, -0.05) is 0 Å². The average molecular weight is 278 g/mol. The second-order valence-corrected chi connectivity index (χ2v) is 4.94. The summed E-state index contributed by atoms with van der Waals surface area (Å²) >= 11 is 0. The van der Waals surface area contributed by atoms with Gasteiger partial charge >= 0.3 is 5.97 Å². The Morgan fingerprint density at radius 1 is 1.40 bits per heavy atom. The standard InChI is InChI=1S/C13H18N4O3/c1-9(18)15-6-10-2-4-17(5-3-10)12-8-14-7-11(16-12)13(19)20/h7-8,10H,2-6H2,1H3,(H,15,18)(H,19,20). The molecule has 20 heavy (non-hydrogen) atoms. The molecule has 1 aromatic heterocycles. The number of hydrogen-bond donors (Lipinski definition) is 2. The maximum atomic E-state index is 10.9. The van der Waals surface area contributed by atoms with Crippen LogP contribution >= 0.6 is 0 Å². The molecule has 0 radical (unpaired) electrons. The first-order valence-corrected chi connectivity index (χ1v) is 6.61. The van der Waals surface area contributed by atoms with Gasteiger partial charge in [0.05, 0.1) is 12.4 Å². The van der Waals surface area contributed by atoms with Crippen LogP contribution in [0.2, 0.25) is 0 Å². The number of hydrogen-bond acceptors (Lipinski definition) is 5. The zero-order valence-corrected chi connectivity index (χ0v) is 11.4. The molecule has 0 bridgehead atoms. The fourth-order valence-corrected chi connectivity index (χ4v) is 2.27. The van der Waals surface area contributed by atoms with E-state index >= 15 is 0 Å². The molecule has 1 aromatic rings. The minimum atomic E-state index is -1.07. The number of amides is 1. The monoisotopic (exact) mass is 278 g/mol. The summed E-state index contributed by atoms with van der Waals surface area (Å²) in [5.41, 5.74) is -0.0390. The summed E-state index contributed by atoms with van der Waals surface area (Å²) in [6.45, 7) is 3.80. The lowest BCUT2D eigenvalue weighted by Gasteiger charge is -2.32. The number of carbonyl (C=O) groups is 2. The van der Waals surface area contributed by atoms with Gasteiger partial charge in [-0.2, -0.15) is 0 Å². The highest BCUT2D eigenvalue weighted by atomic mass is 16.4. The van der Waals surface area contributed by atoms with Gasteiger partial charge < -0.3 is 15.3 Å². The molecule has 1 amide bonds. The van der Waals surface area contributed by atoms with E-state index in [1.807, 2.05) is 4.90 Å². The first kappa shape index (κ1) is 14.2. The quantitative estimate of drug-likeness (QED) is 0.834. The second kappa shape index (κ2) is 6.31. The molecule has 2 rings (SSSR count). The number of carbonyl (C=O) groups excluding carboxylic acids is 1. The Morgan fingerprint density at radius 3 is 2.70 bits per heavy atom. The van der Waals surface area contributed by atoms with Crippen LogP contribution in [0.4, 0.5) is 5.82 Å². The van der Waals surface area contributed by atoms with Crippen molar-refractivity contribution in [2.45, 2.75) is 19.8 Å². The number of anilines is 1. The molecular formula is C13H18N4O3. The van der Waals surface area contributed by atoms with Crippen molar-refractivity contribution in [3.63, 3.8) is 0 Å². The average Bonchev–Trinajstić information content (AvgIpc) is 2.46. The van der Waals surface area contributed by atoms with Gasteiger partial charge in [0, 0.05) is 26.6 Å². The smallest absolute Gasteiger partial charge is 0.356 e. The third kappa shape index (κ3) is 3.66. The van der Waals surface area contributed by atoms with Crippen LogP contribution in [0.1, 0.15) is 30.3 Å². The van der Waals surface area contributed by atoms with Crippen molar-refractivity contribution in [1.82, 2.24) is 15.3 Å². The molecule has 0 atom stereocenters. The minimum Gasteiger partial charge on any atom is -0.476 e. The third-order valence-electron chi connectivity index (χ3n) is 3.42. The number of piperidine rings is 1. The van der Waals surface area contributed by atoms with Crippen LogP contribution in [0.15, 0.2) is 12.4 Å². The third-order valence-corrected chi connectivity index (χ3v) is 3.42. The molecule has 0 aliphatic carbocycles. The topological polar surface area (TPSA) is 95.4 Å². The molecule has 1 saturated heterocycles. The van der Waals surface area contributed by atoms with Crippen LogP contribution in [0.5, 0.6) is 0 Å². The van der Waals surface area contributed by atoms with E-state index in [4.69, 9.17) is 5.11 Å². The molecule has 1 aliphatic rings. The Bertz CT molecular complexity index is 498. The molecule has 0 unspecified atom stereocenters. The van der Waals surface area contributed by atoms with Gasteiger partial charge in [-0.15, -0.1) is 0 Å². The van der Waals surface area contributed by atoms with E-state index in [9.17, 15) is 9.59 Å². The Labute approximate surface area is 117 Å². The van der Waals surface area contributed by atoms with Crippen molar-refractivity contribution in [2.24, 2.45) is 5.92 Å². The highest BCUT2D eigenvalue weighted by Crippen LogP contribution is 2.21. The van der Waals surface area contributed by atoms with E-state index < -0.39 is 5.97 Å². The Balaban J connectivity index is 1.92. The van der Waals surface area contributed by atoms with Crippen molar-refractivity contribution in [3.8, 4) is 0 Å². The largest absolute Gasteiger partial charge is 0.476 e. The zero-order valence-electron chi connectivity index (χ0n) is 11.4. The Morgan fingerprint density at radius 2 is 2.10 bits per heavy atom. The number of carboxylic acid groups (broad SMARTS) is 1. The molecule has 1 aliphatic heterocycles. The highest BCUT2D eigenvalue weighted by Gasteiger charge is 2.21. The second-order valence-electron chi connectivity index (χ2n) is 4.94. The molecule has 108 valence electrons. The Hall–Kier alpha value is -2.18. The maximum absolute atomic E-state index is 10.9. The summed E-state index contributed by atoms with van der Waals surface area (Å²) in [6, 6.07) is 0. The summed E-state index contributed by atoms with van der Waals surface area (Å²) < 4.78 is 0. The zero-order chi connectivity index (χ0) is 14.5. The van der Waals surface area contributed by atoms with Crippen molar-refractivity contribution in [3.05, 3.63) is 18.1 Å². The number of aromatic nitrogens is 2. The van der Waals surface area contributed by atoms with Gasteiger partial charge in [-0.05, 0) is 18.8 Å². The van der Waals surface area contributed by atoms with Crippen LogP contribution < -0.4 is 10.2 Å². The van der Waals surface area contributed by atoms with Gasteiger partial charge in [-0.3, -0.25) is 9.78 Å². The van der Waals surface area contributed by atoms with E-state index in [2.05, 4.69) is 15.3 Å². The first-order valence-electron chi connectivity index (χ1n) is 6.61. The number of rotatable bonds is 4. The van der Waals surface area contributed by atoms with Gasteiger partial charge in [-0.25, -0.2) is 9.78 Å². The highest BCUT2D eigenvalue weighted by molar-refractivity contribution is 5.85. The molecule has 7 nitrogen and oxygen atoms in total. The van der Waals surface area contributed by atoms with Crippen molar-refractivity contribution >= 4 is 17.7 Å². The van der Waals surface area contributed by atoms with Crippen LogP contribution in [0, 0.1) is 5.92 Å². The predicted molar refractivity (Wildman–Crippen MR) is 72.6 cm³/mol. The molecule has 0 spiro atoms. The number of aromatic carboxylic acids is 1. The van der Waals surface area contributed by atoms with E-state index in [1.165, 1.54) is 13.1 Å². The minimum absolute atomic E-state index is 0.00699. The SMILES string of the molecule is CC(=O)NCC1CCN(c2cncc(C(=O)O)n2)CC1. The maximum Gasteiger partial charge on any atom is 0.356 e. The van der Waals surface area contributed by atoms with Crippen molar-refractivity contribution in [1.29, 1.82) is 0 Å². The normalized spacial score (nSPS) is 15.9. The van der Waals surface area contributed by atoms with Crippen LogP contribution in [0.25, 0.3) is 0 Å². The molecule has 2 heterocycles. The van der Waals surface area contributed by atoms with Crippen molar-refractivity contribution < 1.29 is 14.7 Å². The lowest BCUT2D eigenvalue weighted by Crippen LogP contribution is -2.38. The lowest BCUT2D eigenvalue weighted by molar-refractivity contribution is -0.119. The van der Waals surface area contributed by atoms with Crippen LogP contribution in [-0.4, -0.2) is 46.6 Å². The number of carboxylic acids is 1. The summed E-state index contributed by atoms with van der Waals surface area (Å²) in [7, 11) is 0. The lowest BCUT2D eigenvalue weighted by atomic mass is 9.97. The van der Waals surface area contributed by atoms with Crippen LogP contribution in [0.3, 0.4) is 0 Å². The molecule has 1 fully saturated rings. The number of nitrogens with zero attached hydrogens (tertiary/aromatic N) is 3. The summed E-state index contributed by atoms with van der Waals surface area (Å²) in [5.74, 6) is -0.0130. The molecule has 0 aromatic carbocycles. The molecule has 7 heteroatoms. The first-order chi connectivity index (χ1) is 9.56. The number of nitrogens with one attached hydrogen (secondary N) is 1. The van der Waals surface area contributed by atoms with E-state index in [0.29, 0.717) is 18.3 Å². The fraction of sp³-hybridized carbons (Fsp3) is 0.538. The molecule has 2 N–H and O–H groups in total. The predicted octanol–water partition coefficient (Wildman–Crippen LogP) is 0.527. The van der Waals surface area contributed by atoms with Gasteiger partial charge in [0.2, 0.25) is 5.91 Å². The fourth-order valence-electron chi connectivity index (χ4n) is 2.27. The summed E-state index contributed by atoms with van der Waals surface area (Å²) in [5, 5.41) is 11.7. The summed E-state index contributed by atoms with van der Waals surface area (Å²) in [6.07, 6.45) is 4.72. The van der Waals surface area contributed by atoms with E-state index in [0.717, 1.165) is 25.9 Å². The van der Waals surface area contributed by atoms with Crippen molar-refractivity contribution in [2.75, 3.05) is 24.5 Å². The molecular weight excluding hydrogens is 260 g/mol. The van der Waals surface area contributed by atoms with Crippen LogP contribution in [-0.2, 0) is 4.79 Å². The van der Waals surface area contributed by atoms with Gasteiger partial charge in [0.15, 0.2) is 5.69 Å². The van der Waals surface area contributed by atoms with E-state index in [1.54, 1.807) is 6.20 Å². The van der Waals surface area contributed by atoms with E-state index in [-0.39, 0.29) is 11.6 Å². The van der Waals surface area contributed by atoms with Gasteiger partial charge in [0.25, 0.3) is 0 Å².